The molecule has 0 heterocycles. The quantitative estimate of drug-likeness (QED) is 0.760. The summed E-state index contributed by atoms with van der Waals surface area (Å²) >= 11 is 0. The second-order valence-electron chi connectivity index (χ2n) is 5.59. The van der Waals surface area contributed by atoms with E-state index in [1.165, 1.54) is 5.56 Å². The SMILES string of the molecule is C=CCN(CCc1ccccc1)C(=O)CC(N)c1ccccc1. The van der Waals surface area contributed by atoms with Crippen LogP contribution in [0.4, 0.5) is 0 Å². The van der Waals surface area contributed by atoms with Crippen molar-refractivity contribution in [3.05, 3.63) is 84.4 Å². The Labute approximate surface area is 138 Å². The number of benzene rings is 2. The highest BCUT2D eigenvalue weighted by atomic mass is 16.2. The molecule has 3 heteroatoms. The first kappa shape index (κ1) is 17.0. The summed E-state index contributed by atoms with van der Waals surface area (Å²) in [5.74, 6) is 0.0668. The van der Waals surface area contributed by atoms with Gasteiger partial charge >= 0.3 is 0 Å². The second-order valence-corrected chi connectivity index (χ2v) is 5.59. The van der Waals surface area contributed by atoms with Crippen molar-refractivity contribution in [2.45, 2.75) is 18.9 Å². The van der Waals surface area contributed by atoms with E-state index in [2.05, 4.69) is 18.7 Å². The van der Waals surface area contributed by atoms with Gasteiger partial charge in [-0.1, -0.05) is 66.7 Å². The van der Waals surface area contributed by atoms with Crippen LogP contribution >= 0.6 is 0 Å². The Bertz CT molecular complexity index is 610. The van der Waals surface area contributed by atoms with Crippen LogP contribution in [0.5, 0.6) is 0 Å². The molecular formula is C20H24N2O. The molecule has 1 unspecified atom stereocenters. The molecule has 0 aromatic heterocycles. The summed E-state index contributed by atoms with van der Waals surface area (Å²) in [7, 11) is 0. The van der Waals surface area contributed by atoms with Gasteiger partial charge in [-0.15, -0.1) is 6.58 Å². The van der Waals surface area contributed by atoms with Crippen molar-refractivity contribution in [3.63, 3.8) is 0 Å². The van der Waals surface area contributed by atoms with Crippen molar-refractivity contribution in [1.82, 2.24) is 4.90 Å². The average Bonchev–Trinajstić information content (AvgIpc) is 2.60. The van der Waals surface area contributed by atoms with Crippen LogP contribution in [-0.2, 0) is 11.2 Å². The van der Waals surface area contributed by atoms with E-state index in [9.17, 15) is 4.79 Å². The molecule has 1 amide bonds. The van der Waals surface area contributed by atoms with Crippen LogP contribution in [0.1, 0.15) is 23.6 Å². The summed E-state index contributed by atoms with van der Waals surface area (Å²) in [5.41, 5.74) is 8.38. The number of nitrogens with two attached hydrogens (primary N) is 1. The Balaban J connectivity index is 1.93. The predicted octanol–water partition coefficient (Wildman–Crippen LogP) is 3.33. The second kappa shape index (κ2) is 8.91. The summed E-state index contributed by atoms with van der Waals surface area (Å²) in [5, 5.41) is 0. The van der Waals surface area contributed by atoms with Crippen LogP contribution in [0.25, 0.3) is 0 Å². The van der Waals surface area contributed by atoms with Gasteiger partial charge in [0.1, 0.15) is 0 Å². The van der Waals surface area contributed by atoms with E-state index in [0.29, 0.717) is 19.5 Å². The van der Waals surface area contributed by atoms with Crippen molar-refractivity contribution in [1.29, 1.82) is 0 Å². The predicted molar refractivity (Wildman–Crippen MR) is 94.9 cm³/mol. The highest BCUT2D eigenvalue weighted by Gasteiger charge is 2.17. The third-order valence-corrected chi connectivity index (χ3v) is 3.84. The molecule has 0 aliphatic heterocycles. The molecule has 0 radical (unpaired) electrons. The lowest BCUT2D eigenvalue weighted by Crippen LogP contribution is -2.35. The fraction of sp³-hybridized carbons (Fsp3) is 0.250. The number of nitrogens with zero attached hydrogens (tertiary/aromatic N) is 1. The van der Waals surface area contributed by atoms with E-state index in [-0.39, 0.29) is 11.9 Å². The zero-order valence-electron chi connectivity index (χ0n) is 13.4. The molecule has 0 saturated carbocycles. The van der Waals surface area contributed by atoms with Crippen molar-refractivity contribution in [2.75, 3.05) is 13.1 Å². The van der Waals surface area contributed by atoms with Crippen molar-refractivity contribution in [2.24, 2.45) is 5.73 Å². The molecule has 0 saturated heterocycles. The molecule has 2 N–H and O–H groups in total. The number of rotatable bonds is 8. The lowest BCUT2D eigenvalue weighted by Gasteiger charge is -2.23. The zero-order valence-corrected chi connectivity index (χ0v) is 13.4. The van der Waals surface area contributed by atoms with Gasteiger partial charge in [0, 0.05) is 25.6 Å². The van der Waals surface area contributed by atoms with E-state index < -0.39 is 0 Å². The fourth-order valence-corrected chi connectivity index (χ4v) is 2.52. The summed E-state index contributed by atoms with van der Waals surface area (Å²) < 4.78 is 0. The third-order valence-electron chi connectivity index (χ3n) is 3.84. The number of hydrogen-bond donors (Lipinski definition) is 1. The van der Waals surface area contributed by atoms with Crippen LogP contribution in [0, 0.1) is 0 Å². The van der Waals surface area contributed by atoms with Crippen LogP contribution in [-0.4, -0.2) is 23.9 Å². The minimum absolute atomic E-state index is 0.0668. The van der Waals surface area contributed by atoms with Crippen molar-refractivity contribution >= 4 is 5.91 Å². The van der Waals surface area contributed by atoms with E-state index >= 15 is 0 Å². The van der Waals surface area contributed by atoms with Gasteiger partial charge in [0.2, 0.25) is 5.91 Å². The summed E-state index contributed by atoms with van der Waals surface area (Å²) in [6, 6.07) is 19.6. The Morgan fingerprint density at radius 2 is 1.70 bits per heavy atom. The first-order valence-corrected chi connectivity index (χ1v) is 7.94. The Hall–Kier alpha value is -2.39. The zero-order chi connectivity index (χ0) is 16.5. The number of carbonyl (C=O) groups excluding carboxylic acids is 1. The lowest BCUT2D eigenvalue weighted by atomic mass is 10.0. The molecule has 0 bridgehead atoms. The van der Waals surface area contributed by atoms with Crippen LogP contribution in [0.2, 0.25) is 0 Å². The van der Waals surface area contributed by atoms with Crippen molar-refractivity contribution in [3.8, 4) is 0 Å². The van der Waals surface area contributed by atoms with Gasteiger partial charge in [0.15, 0.2) is 0 Å². The maximum atomic E-state index is 12.5. The molecule has 0 fully saturated rings. The fourth-order valence-electron chi connectivity index (χ4n) is 2.52. The highest BCUT2D eigenvalue weighted by molar-refractivity contribution is 5.77. The number of hydrogen-bond acceptors (Lipinski definition) is 2. The molecule has 23 heavy (non-hydrogen) atoms. The largest absolute Gasteiger partial charge is 0.339 e. The van der Waals surface area contributed by atoms with Gasteiger partial charge in [0.05, 0.1) is 0 Å². The maximum absolute atomic E-state index is 12.5. The molecule has 3 nitrogen and oxygen atoms in total. The van der Waals surface area contributed by atoms with Gasteiger partial charge in [-0.3, -0.25) is 4.79 Å². The molecule has 2 aromatic carbocycles. The van der Waals surface area contributed by atoms with E-state index in [0.717, 1.165) is 12.0 Å². The minimum Gasteiger partial charge on any atom is -0.339 e. The third kappa shape index (κ3) is 5.38. The molecule has 1 atom stereocenters. The number of carbonyl (C=O) groups is 1. The Morgan fingerprint density at radius 1 is 1.09 bits per heavy atom. The smallest absolute Gasteiger partial charge is 0.224 e. The summed E-state index contributed by atoms with van der Waals surface area (Å²) in [6.07, 6.45) is 2.91. The van der Waals surface area contributed by atoms with E-state index in [1.54, 1.807) is 6.08 Å². The topological polar surface area (TPSA) is 46.3 Å². The summed E-state index contributed by atoms with van der Waals surface area (Å²) in [4.78, 5) is 14.4. The van der Waals surface area contributed by atoms with Crippen LogP contribution in [0.3, 0.4) is 0 Å². The van der Waals surface area contributed by atoms with Gasteiger partial charge in [-0.05, 0) is 17.5 Å². The van der Waals surface area contributed by atoms with Gasteiger partial charge in [0.25, 0.3) is 0 Å². The molecule has 0 aliphatic carbocycles. The molecule has 2 rings (SSSR count). The van der Waals surface area contributed by atoms with Crippen molar-refractivity contribution < 1.29 is 4.79 Å². The summed E-state index contributed by atoms with van der Waals surface area (Å²) in [6.45, 7) is 4.98. The van der Waals surface area contributed by atoms with E-state index in [4.69, 9.17) is 5.73 Å². The highest BCUT2D eigenvalue weighted by Crippen LogP contribution is 2.15. The van der Waals surface area contributed by atoms with Crippen LogP contribution in [0.15, 0.2) is 73.3 Å². The maximum Gasteiger partial charge on any atom is 0.224 e. The van der Waals surface area contributed by atoms with Gasteiger partial charge in [-0.2, -0.15) is 0 Å². The molecule has 120 valence electrons. The molecular weight excluding hydrogens is 284 g/mol. The van der Waals surface area contributed by atoms with E-state index in [1.807, 2.05) is 53.4 Å². The Kier molecular flexibility index (Phi) is 6.57. The normalized spacial score (nSPS) is 11.7. The number of amides is 1. The standard InChI is InChI=1S/C20H24N2O/c1-2-14-22(15-13-17-9-5-3-6-10-17)20(23)16-19(21)18-11-7-4-8-12-18/h2-12,19H,1,13-16,21H2. The van der Waals surface area contributed by atoms with Crippen LogP contribution < -0.4 is 5.73 Å². The molecule has 2 aromatic rings. The monoisotopic (exact) mass is 308 g/mol. The van der Waals surface area contributed by atoms with Gasteiger partial charge < -0.3 is 10.6 Å². The molecule has 0 aliphatic rings. The minimum atomic E-state index is -0.271. The molecule has 0 spiro atoms. The Morgan fingerprint density at radius 3 is 2.30 bits per heavy atom. The lowest BCUT2D eigenvalue weighted by molar-refractivity contribution is -0.131. The first-order chi connectivity index (χ1) is 11.2. The van der Waals surface area contributed by atoms with Gasteiger partial charge in [-0.25, -0.2) is 0 Å². The first-order valence-electron chi connectivity index (χ1n) is 7.94. The average molecular weight is 308 g/mol.